The van der Waals surface area contributed by atoms with E-state index in [-0.39, 0.29) is 5.95 Å². The summed E-state index contributed by atoms with van der Waals surface area (Å²) in [6, 6.07) is 5.72. The van der Waals surface area contributed by atoms with Gasteiger partial charge in [0.15, 0.2) is 5.58 Å². The van der Waals surface area contributed by atoms with Crippen molar-refractivity contribution in [3.05, 3.63) is 41.0 Å². The second kappa shape index (κ2) is 3.52. The van der Waals surface area contributed by atoms with Crippen molar-refractivity contribution in [1.82, 2.24) is 5.16 Å². The van der Waals surface area contributed by atoms with Crippen LogP contribution in [0.2, 0.25) is 0 Å². The third-order valence-electron chi connectivity index (χ3n) is 3.00. The van der Waals surface area contributed by atoms with Gasteiger partial charge >= 0.3 is 0 Å². The van der Waals surface area contributed by atoms with Gasteiger partial charge in [-0.3, -0.25) is 0 Å². The zero-order valence-corrected chi connectivity index (χ0v) is 9.62. The smallest absolute Gasteiger partial charge is 0.212 e. The summed E-state index contributed by atoms with van der Waals surface area (Å²) >= 11 is 0. The minimum atomic E-state index is -0.367. The summed E-state index contributed by atoms with van der Waals surface area (Å²) in [7, 11) is 0. The molecule has 17 heavy (non-hydrogen) atoms. The van der Waals surface area contributed by atoms with Gasteiger partial charge < -0.3 is 4.52 Å². The highest BCUT2D eigenvalue weighted by molar-refractivity contribution is 6.05. The van der Waals surface area contributed by atoms with E-state index in [1.165, 1.54) is 0 Å². The van der Waals surface area contributed by atoms with E-state index in [2.05, 4.69) is 10.1 Å². The molecule has 1 aromatic carbocycles. The molecule has 0 amide bonds. The van der Waals surface area contributed by atoms with Gasteiger partial charge in [0.2, 0.25) is 5.95 Å². The van der Waals surface area contributed by atoms with Crippen molar-refractivity contribution in [2.45, 2.75) is 20.3 Å². The third-order valence-corrected chi connectivity index (χ3v) is 3.00. The number of halogens is 1. The molecular formula is C13H11FN2O. The van der Waals surface area contributed by atoms with Crippen LogP contribution in [0.4, 0.5) is 4.39 Å². The minimum absolute atomic E-state index is 0.367. The maximum atomic E-state index is 13.2. The molecular weight excluding hydrogens is 219 g/mol. The summed E-state index contributed by atoms with van der Waals surface area (Å²) in [4.78, 5) is 3.92. The maximum absolute atomic E-state index is 13.2. The molecule has 86 valence electrons. The molecule has 1 aromatic heterocycles. The number of fused-ring (bicyclic) bond motifs is 1. The van der Waals surface area contributed by atoms with Crippen LogP contribution in [0.15, 0.2) is 39.2 Å². The number of nitrogens with zero attached hydrogens (tertiary/aromatic N) is 2. The van der Waals surface area contributed by atoms with Gasteiger partial charge in [0.1, 0.15) is 0 Å². The number of benzene rings is 1. The first kappa shape index (κ1) is 10.2. The standard InChI is InChI=1S/C13H11FN2O/c1-7-5-11(15-13(7)14)9-3-4-10-8(2)16-17-12(10)6-9/h3-4,6H,5H2,1-2H3. The molecule has 0 spiro atoms. The molecule has 2 aromatic rings. The Morgan fingerprint density at radius 3 is 2.82 bits per heavy atom. The predicted molar refractivity (Wildman–Crippen MR) is 63.7 cm³/mol. The lowest BCUT2D eigenvalue weighted by molar-refractivity contribution is 0.450. The molecule has 4 heteroatoms. The Bertz CT molecular complexity index is 667. The maximum Gasteiger partial charge on any atom is 0.212 e. The molecule has 0 saturated carbocycles. The van der Waals surface area contributed by atoms with E-state index in [9.17, 15) is 4.39 Å². The Morgan fingerprint density at radius 1 is 1.29 bits per heavy atom. The van der Waals surface area contributed by atoms with Crippen molar-refractivity contribution in [3.63, 3.8) is 0 Å². The number of aryl methyl sites for hydroxylation is 1. The van der Waals surface area contributed by atoms with Crippen LogP contribution >= 0.6 is 0 Å². The van der Waals surface area contributed by atoms with Crippen LogP contribution in [0.25, 0.3) is 11.0 Å². The largest absolute Gasteiger partial charge is 0.356 e. The molecule has 0 atom stereocenters. The van der Waals surface area contributed by atoms with E-state index in [0.717, 1.165) is 22.4 Å². The zero-order chi connectivity index (χ0) is 12.0. The summed E-state index contributed by atoms with van der Waals surface area (Å²) in [5.41, 5.74) is 3.89. The summed E-state index contributed by atoms with van der Waals surface area (Å²) in [6.45, 7) is 3.65. The number of rotatable bonds is 1. The van der Waals surface area contributed by atoms with Gasteiger partial charge in [-0.2, -0.15) is 4.39 Å². The van der Waals surface area contributed by atoms with Crippen LogP contribution in [0, 0.1) is 6.92 Å². The normalized spacial score (nSPS) is 15.8. The van der Waals surface area contributed by atoms with Crippen molar-refractivity contribution >= 4 is 16.7 Å². The highest BCUT2D eigenvalue weighted by atomic mass is 19.1. The lowest BCUT2D eigenvalue weighted by atomic mass is 10.0. The predicted octanol–water partition coefficient (Wildman–Crippen LogP) is 3.53. The first-order chi connectivity index (χ1) is 8.15. The Morgan fingerprint density at radius 2 is 2.12 bits per heavy atom. The molecule has 3 nitrogen and oxygen atoms in total. The number of aromatic nitrogens is 1. The summed E-state index contributed by atoms with van der Waals surface area (Å²) in [5, 5.41) is 4.88. The average molecular weight is 230 g/mol. The molecule has 0 aliphatic carbocycles. The van der Waals surface area contributed by atoms with Gasteiger partial charge in [0, 0.05) is 17.4 Å². The highest BCUT2D eigenvalue weighted by Crippen LogP contribution is 2.26. The number of aliphatic imine (C=N–C) groups is 1. The van der Waals surface area contributed by atoms with Gasteiger partial charge in [0.25, 0.3) is 0 Å². The Balaban J connectivity index is 2.06. The number of hydrogen-bond acceptors (Lipinski definition) is 3. The van der Waals surface area contributed by atoms with Gasteiger partial charge in [0.05, 0.1) is 11.4 Å². The van der Waals surface area contributed by atoms with E-state index >= 15 is 0 Å². The molecule has 1 aliphatic heterocycles. The van der Waals surface area contributed by atoms with Crippen LogP contribution in [-0.2, 0) is 0 Å². The molecule has 0 radical (unpaired) electrons. The number of hydrogen-bond donors (Lipinski definition) is 0. The van der Waals surface area contributed by atoms with Crippen LogP contribution in [0.3, 0.4) is 0 Å². The summed E-state index contributed by atoms with van der Waals surface area (Å²) in [5.74, 6) is -0.367. The second-order valence-electron chi connectivity index (χ2n) is 4.29. The van der Waals surface area contributed by atoms with Crippen LogP contribution in [-0.4, -0.2) is 10.9 Å². The average Bonchev–Trinajstić information content (AvgIpc) is 2.84. The van der Waals surface area contributed by atoms with Crippen molar-refractivity contribution in [2.75, 3.05) is 0 Å². The Kier molecular flexibility index (Phi) is 2.11. The van der Waals surface area contributed by atoms with Crippen molar-refractivity contribution in [2.24, 2.45) is 4.99 Å². The molecule has 0 saturated heterocycles. The molecule has 0 fully saturated rings. The van der Waals surface area contributed by atoms with E-state index in [4.69, 9.17) is 4.52 Å². The zero-order valence-electron chi connectivity index (χ0n) is 9.62. The molecule has 0 bridgehead atoms. The van der Waals surface area contributed by atoms with Crippen molar-refractivity contribution in [3.8, 4) is 0 Å². The fourth-order valence-electron chi connectivity index (χ4n) is 1.99. The fraction of sp³-hybridized carbons (Fsp3) is 0.231. The molecule has 1 aliphatic rings. The van der Waals surface area contributed by atoms with E-state index in [1.54, 1.807) is 6.92 Å². The second-order valence-corrected chi connectivity index (χ2v) is 4.29. The quantitative estimate of drug-likeness (QED) is 0.703. The Hall–Kier alpha value is -1.97. The number of allylic oxidation sites excluding steroid dienone is 1. The van der Waals surface area contributed by atoms with Crippen LogP contribution < -0.4 is 0 Å². The van der Waals surface area contributed by atoms with Gasteiger partial charge in [-0.05, 0) is 31.6 Å². The first-order valence-electron chi connectivity index (χ1n) is 5.44. The lowest BCUT2D eigenvalue weighted by Gasteiger charge is -2.00. The minimum Gasteiger partial charge on any atom is -0.356 e. The molecule has 3 rings (SSSR count). The van der Waals surface area contributed by atoms with Crippen LogP contribution in [0.1, 0.15) is 24.6 Å². The van der Waals surface area contributed by atoms with Crippen molar-refractivity contribution in [1.29, 1.82) is 0 Å². The topological polar surface area (TPSA) is 38.4 Å². The van der Waals surface area contributed by atoms with Crippen molar-refractivity contribution < 1.29 is 8.91 Å². The SMILES string of the molecule is CC1=C(F)N=C(c2ccc3c(C)noc3c2)C1. The fourth-order valence-corrected chi connectivity index (χ4v) is 1.99. The summed E-state index contributed by atoms with van der Waals surface area (Å²) in [6.07, 6.45) is 0.560. The lowest BCUT2D eigenvalue weighted by Crippen LogP contribution is -1.96. The Labute approximate surface area is 97.6 Å². The van der Waals surface area contributed by atoms with Crippen LogP contribution in [0.5, 0.6) is 0 Å². The van der Waals surface area contributed by atoms with E-state index in [0.29, 0.717) is 17.6 Å². The third kappa shape index (κ3) is 1.56. The first-order valence-corrected chi connectivity index (χ1v) is 5.44. The highest BCUT2D eigenvalue weighted by Gasteiger charge is 2.17. The molecule has 0 unspecified atom stereocenters. The van der Waals surface area contributed by atoms with Gasteiger partial charge in [-0.15, -0.1) is 0 Å². The molecule has 0 N–H and O–H groups in total. The van der Waals surface area contributed by atoms with Gasteiger partial charge in [-0.1, -0.05) is 11.2 Å². The van der Waals surface area contributed by atoms with E-state index in [1.807, 2.05) is 25.1 Å². The van der Waals surface area contributed by atoms with E-state index < -0.39 is 0 Å². The van der Waals surface area contributed by atoms with Gasteiger partial charge in [-0.25, -0.2) is 4.99 Å². The summed E-state index contributed by atoms with van der Waals surface area (Å²) < 4.78 is 18.4. The monoisotopic (exact) mass is 230 g/mol. The molecule has 2 heterocycles.